The van der Waals surface area contributed by atoms with Crippen LogP contribution in [-0.2, 0) is 4.74 Å². The topological polar surface area (TPSA) is 88.5 Å². The molecular formula is C10H9ClN2O4. The molecule has 0 fully saturated rings. The summed E-state index contributed by atoms with van der Waals surface area (Å²) in [6, 6.07) is 1.18. The van der Waals surface area contributed by atoms with E-state index in [4.69, 9.17) is 16.7 Å². The van der Waals surface area contributed by atoms with E-state index >= 15 is 0 Å². The lowest BCUT2D eigenvalue weighted by molar-refractivity contribution is 0.0696. The van der Waals surface area contributed by atoms with Crippen LogP contribution in [0.4, 0.5) is 10.6 Å². The van der Waals surface area contributed by atoms with Crippen molar-refractivity contribution >= 4 is 29.5 Å². The fourth-order valence-electron chi connectivity index (χ4n) is 0.914. The number of amides is 1. The molecule has 0 spiro atoms. The number of hydrogen-bond acceptors (Lipinski definition) is 4. The summed E-state index contributed by atoms with van der Waals surface area (Å²) in [6.45, 7) is 3.43. The third kappa shape index (κ3) is 3.76. The smallest absolute Gasteiger partial charge is 0.413 e. The summed E-state index contributed by atoms with van der Waals surface area (Å²) in [5.41, 5.74) is -0.0694. The highest BCUT2D eigenvalue weighted by Gasteiger charge is 2.11. The molecule has 0 aliphatic rings. The quantitative estimate of drug-likeness (QED) is 0.806. The molecule has 0 atom stereocenters. The summed E-state index contributed by atoms with van der Waals surface area (Å²) in [7, 11) is 0. The molecule has 17 heavy (non-hydrogen) atoms. The zero-order chi connectivity index (χ0) is 12.8. The number of carbonyl (C=O) groups is 2. The molecule has 2 N–H and O–H groups in total. The molecule has 1 aromatic heterocycles. The molecule has 90 valence electrons. The molecule has 0 aromatic carbocycles. The number of halogens is 1. The van der Waals surface area contributed by atoms with Gasteiger partial charge in [-0.25, -0.2) is 14.6 Å². The summed E-state index contributed by atoms with van der Waals surface area (Å²) < 4.78 is 4.64. The van der Waals surface area contributed by atoms with Crippen molar-refractivity contribution in [2.24, 2.45) is 0 Å². The van der Waals surface area contributed by atoms with E-state index in [0.29, 0.717) is 0 Å². The number of nitrogens with zero attached hydrogens (tertiary/aromatic N) is 1. The molecule has 0 saturated heterocycles. The normalized spacial score (nSPS) is 9.47. The van der Waals surface area contributed by atoms with Crippen LogP contribution in [-0.4, -0.2) is 28.8 Å². The van der Waals surface area contributed by atoms with Crippen molar-refractivity contribution in [3.05, 3.63) is 35.5 Å². The van der Waals surface area contributed by atoms with Gasteiger partial charge in [0.1, 0.15) is 6.61 Å². The van der Waals surface area contributed by atoms with Gasteiger partial charge in [-0.05, 0) is 6.07 Å². The first kappa shape index (κ1) is 13.0. The molecule has 1 amide bonds. The lowest BCUT2D eigenvalue weighted by Gasteiger charge is -2.06. The fourth-order valence-corrected chi connectivity index (χ4v) is 1.13. The molecule has 0 radical (unpaired) electrons. The fraction of sp³-hybridized carbons (Fsp3) is 0.100. The van der Waals surface area contributed by atoms with Gasteiger partial charge in [0.25, 0.3) is 0 Å². The van der Waals surface area contributed by atoms with Crippen LogP contribution in [0, 0.1) is 0 Å². The zero-order valence-corrected chi connectivity index (χ0v) is 9.40. The van der Waals surface area contributed by atoms with E-state index in [1.54, 1.807) is 0 Å². The molecule has 0 saturated carbocycles. The molecular weight excluding hydrogens is 248 g/mol. The van der Waals surface area contributed by atoms with Crippen LogP contribution in [0.15, 0.2) is 24.9 Å². The number of carbonyl (C=O) groups excluding carboxylic acids is 1. The molecule has 6 nitrogen and oxygen atoms in total. The van der Waals surface area contributed by atoms with E-state index in [9.17, 15) is 9.59 Å². The number of ether oxygens (including phenoxy) is 1. The molecule has 0 unspecified atom stereocenters. The van der Waals surface area contributed by atoms with Crippen LogP contribution in [0.1, 0.15) is 10.4 Å². The van der Waals surface area contributed by atoms with Crippen molar-refractivity contribution in [3.8, 4) is 0 Å². The van der Waals surface area contributed by atoms with Gasteiger partial charge in [0.15, 0.2) is 5.82 Å². The van der Waals surface area contributed by atoms with Crippen LogP contribution in [0.25, 0.3) is 0 Å². The van der Waals surface area contributed by atoms with Crippen molar-refractivity contribution in [3.63, 3.8) is 0 Å². The summed E-state index contributed by atoms with van der Waals surface area (Å²) in [4.78, 5) is 25.4. The highest BCUT2D eigenvalue weighted by molar-refractivity contribution is 6.33. The number of hydrogen-bond donors (Lipinski definition) is 2. The second kappa shape index (κ2) is 5.86. The largest absolute Gasteiger partial charge is 0.478 e. The van der Waals surface area contributed by atoms with E-state index < -0.39 is 12.1 Å². The maximum atomic E-state index is 11.1. The number of rotatable bonds is 4. The monoisotopic (exact) mass is 256 g/mol. The zero-order valence-electron chi connectivity index (χ0n) is 8.64. The van der Waals surface area contributed by atoms with Gasteiger partial charge >= 0.3 is 12.1 Å². The molecule has 1 heterocycles. The first-order chi connectivity index (χ1) is 8.04. The van der Waals surface area contributed by atoms with Crippen LogP contribution in [0.2, 0.25) is 5.02 Å². The van der Waals surface area contributed by atoms with Gasteiger partial charge in [-0.3, -0.25) is 5.32 Å². The lowest BCUT2D eigenvalue weighted by Crippen LogP contribution is -2.15. The van der Waals surface area contributed by atoms with Gasteiger partial charge in [-0.1, -0.05) is 24.3 Å². The summed E-state index contributed by atoms with van der Waals surface area (Å²) >= 11 is 5.74. The number of carboxylic acids is 1. The Balaban J connectivity index is 2.75. The Labute approximate surface area is 102 Å². The van der Waals surface area contributed by atoms with Crippen LogP contribution >= 0.6 is 11.6 Å². The molecule has 1 aromatic rings. The second-order valence-electron chi connectivity index (χ2n) is 2.87. The summed E-state index contributed by atoms with van der Waals surface area (Å²) in [5, 5.41) is 11.0. The highest BCUT2D eigenvalue weighted by atomic mass is 35.5. The number of anilines is 1. The number of pyridine rings is 1. The Hall–Kier alpha value is -2.08. The molecule has 0 aliphatic heterocycles. The average molecular weight is 257 g/mol. The van der Waals surface area contributed by atoms with Gasteiger partial charge in [0.2, 0.25) is 0 Å². The van der Waals surface area contributed by atoms with E-state index in [2.05, 4.69) is 21.6 Å². The molecule has 0 aliphatic carbocycles. The predicted molar refractivity (Wildman–Crippen MR) is 61.4 cm³/mol. The Morgan fingerprint density at radius 1 is 1.65 bits per heavy atom. The minimum absolute atomic E-state index is 0.0143. The first-order valence-electron chi connectivity index (χ1n) is 4.48. The maximum Gasteiger partial charge on any atom is 0.413 e. The second-order valence-corrected chi connectivity index (χ2v) is 3.28. The average Bonchev–Trinajstić information content (AvgIpc) is 2.28. The third-order valence-corrected chi connectivity index (χ3v) is 1.93. The summed E-state index contributed by atoms with van der Waals surface area (Å²) in [6.07, 6.45) is 1.74. The Morgan fingerprint density at radius 3 is 2.88 bits per heavy atom. The Kier molecular flexibility index (Phi) is 4.47. The van der Waals surface area contributed by atoms with Gasteiger partial charge in [0.05, 0.1) is 10.6 Å². The van der Waals surface area contributed by atoms with Crippen molar-refractivity contribution < 1.29 is 19.4 Å². The Morgan fingerprint density at radius 2 is 2.35 bits per heavy atom. The van der Waals surface area contributed by atoms with Crippen molar-refractivity contribution in [2.75, 3.05) is 11.9 Å². The van der Waals surface area contributed by atoms with E-state index in [0.717, 1.165) is 6.20 Å². The molecule has 7 heteroatoms. The van der Waals surface area contributed by atoms with Crippen molar-refractivity contribution in [1.29, 1.82) is 0 Å². The molecule has 1 rings (SSSR count). The number of aromatic nitrogens is 1. The van der Waals surface area contributed by atoms with Gasteiger partial charge < -0.3 is 9.84 Å². The standard InChI is InChI=1S/C10H9ClN2O4/c1-2-3-17-10(16)13-8-7(11)4-6(5-12-8)9(14)15/h2,4-5H,1,3H2,(H,14,15)(H,12,13,16). The van der Waals surface area contributed by atoms with Crippen LogP contribution in [0.3, 0.4) is 0 Å². The maximum absolute atomic E-state index is 11.1. The number of carboxylic acid groups (broad SMARTS) is 1. The van der Waals surface area contributed by atoms with E-state index in [1.807, 2.05) is 0 Å². The minimum atomic E-state index is -1.15. The highest BCUT2D eigenvalue weighted by Crippen LogP contribution is 2.20. The van der Waals surface area contributed by atoms with Gasteiger partial charge in [0, 0.05) is 6.20 Å². The van der Waals surface area contributed by atoms with Gasteiger partial charge in [-0.15, -0.1) is 0 Å². The van der Waals surface area contributed by atoms with Crippen LogP contribution < -0.4 is 5.32 Å². The van der Waals surface area contributed by atoms with Crippen molar-refractivity contribution in [2.45, 2.75) is 0 Å². The molecule has 0 bridgehead atoms. The first-order valence-corrected chi connectivity index (χ1v) is 4.86. The Bertz CT molecular complexity index is 462. The SMILES string of the molecule is C=CCOC(=O)Nc1ncc(C(=O)O)cc1Cl. The summed E-state index contributed by atoms with van der Waals surface area (Å²) in [5.74, 6) is -1.12. The van der Waals surface area contributed by atoms with E-state index in [-0.39, 0.29) is 23.0 Å². The number of nitrogens with one attached hydrogen (secondary N) is 1. The van der Waals surface area contributed by atoms with Gasteiger partial charge in [-0.2, -0.15) is 0 Å². The predicted octanol–water partition coefficient (Wildman–Crippen LogP) is 2.17. The lowest BCUT2D eigenvalue weighted by atomic mass is 10.3. The van der Waals surface area contributed by atoms with Crippen LogP contribution in [0.5, 0.6) is 0 Å². The third-order valence-electron chi connectivity index (χ3n) is 1.64. The van der Waals surface area contributed by atoms with Crippen molar-refractivity contribution in [1.82, 2.24) is 4.98 Å². The minimum Gasteiger partial charge on any atom is -0.478 e. The number of aromatic carboxylic acids is 1. The van der Waals surface area contributed by atoms with E-state index in [1.165, 1.54) is 12.1 Å².